The predicted molar refractivity (Wildman–Crippen MR) is 84.8 cm³/mol. The molecule has 0 atom stereocenters. The molecule has 3 nitrogen and oxygen atoms in total. The summed E-state index contributed by atoms with van der Waals surface area (Å²) in [6.07, 6.45) is 1.84. The minimum atomic E-state index is 0.971. The summed E-state index contributed by atoms with van der Waals surface area (Å²) in [5.74, 6) is 0.989. The Hall–Kier alpha value is -2.33. The molecule has 2 aromatic carbocycles. The third kappa shape index (κ3) is 1.45. The second-order valence-corrected chi connectivity index (χ2v) is 6.29. The van der Waals surface area contributed by atoms with Crippen molar-refractivity contribution in [3.05, 3.63) is 54.4 Å². The molecule has 0 unspecified atom stereocenters. The van der Waals surface area contributed by atoms with E-state index in [1.807, 2.05) is 12.3 Å². The first-order valence-electron chi connectivity index (χ1n) is 6.86. The van der Waals surface area contributed by atoms with Crippen LogP contribution in [0.15, 0.2) is 58.6 Å². The van der Waals surface area contributed by atoms with Gasteiger partial charge < -0.3 is 0 Å². The lowest BCUT2D eigenvalue weighted by atomic mass is 10.1. The number of hydrogen-bond donors (Lipinski definition) is 0. The quantitative estimate of drug-likeness (QED) is 0.425. The number of benzene rings is 2. The minimum absolute atomic E-state index is 0.971. The van der Waals surface area contributed by atoms with Gasteiger partial charge in [-0.1, -0.05) is 36.0 Å². The first-order chi connectivity index (χ1) is 10.3. The number of imidazole rings is 1. The van der Waals surface area contributed by atoms with E-state index in [1.54, 1.807) is 11.8 Å². The van der Waals surface area contributed by atoms with Gasteiger partial charge in [0.25, 0.3) is 0 Å². The molecule has 0 radical (unpaired) electrons. The van der Waals surface area contributed by atoms with Gasteiger partial charge in [0.05, 0.1) is 5.69 Å². The molecule has 21 heavy (non-hydrogen) atoms. The van der Waals surface area contributed by atoms with Crippen molar-refractivity contribution in [1.82, 2.24) is 14.4 Å². The van der Waals surface area contributed by atoms with Gasteiger partial charge in [-0.2, -0.15) is 0 Å². The van der Waals surface area contributed by atoms with Gasteiger partial charge in [-0.3, -0.25) is 4.40 Å². The van der Waals surface area contributed by atoms with E-state index in [9.17, 15) is 0 Å². The maximum Gasteiger partial charge on any atom is 0.147 e. The van der Waals surface area contributed by atoms with E-state index in [0.29, 0.717) is 0 Å². The van der Waals surface area contributed by atoms with Crippen molar-refractivity contribution in [2.45, 2.75) is 16.8 Å². The Morgan fingerprint density at radius 2 is 1.86 bits per heavy atom. The van der Waals surface area contributed by atoms with Crippen molar-refractivity contribution in [3.63, 3.8) is 0 Å². The lowest BCUT2D eigenvalue weighted by Gasteiger charge is -2.18. The van der Waals surface area contributed by atoms with Crippen molar-refractivity contribution < 1.29 is 0 Å². The highest BCUT2D eigenvalue weighted by Crippen LogP contribution is 2.44. The Labute approximate surface area is 125 Å². The van der Waals surface area contributed by atoms with E-state index in [4.69, 9.17) is 0 Å². The Kier molecular flexibility index (Phi) is 2.08. The summed E-state index contributed by atoms with van der Waals surface area (Å²) in [4.78, 5) is 10.5. The molecular weight excluding hydrogens is 278 g/mol. The summed E-state index contributed by atoms with van der Waals surface area (Å²) in [6.45, 7) is 2.06. The number of aromatic nitrogens is 3. The summed E-state index contributed by atoms with van der Waals surface area (Å²) >= 11 is 1.78. The minimum Gasteiger partial charge on any atom is -0.270 e. The zero-order valence-corrected chi connectivity index (χ0v) is 12.2. The maximum atomic E-state index is 4.64. The summed E-state index contributed by atoms with van der Waals surface area (Å²) in [5.41, 5.74) is 3.22. The number of rotatable bonds is 0. The van der Waals surface area contributed by atoms with Crippen molar-refractivity contribution in [3.8, 4) is 11.4 Å². The van der Waals surface area contributed by atoms with Crippen molar-refractivity contribution in [2.75, 3.05) is 0 Å². The first-order valence-corrected chi connectivity index (χ1v) is 7.68. The van der Waals surface area contributed by atoms with Crippen molar-refractivity contribution >= 4 is 28.2 Å². The van der Waals surface area contributed by atoms with Crippen molar-refractivity contribution in [2.24, 2.45) is 0 Å². The van der Waals surface area contributed by atoms with Crippen LogP contribution >= 0.6 is 11.8 Å². The smallest absolute Gasteiger partial charge is 0.147 e. The molecule has 0 fully saturated rings. The lowest BCUT2D eigenvalue weighted by Crippen LogP contribution is -2.02. The molecule has 0 aliphatic carbocycles. The number of aryl methyl sites for hydroxylation is 1. The summed E-state index contributed by atoms with van der Waals surface area (Å²) in [5, 5.41) is 3.69. The molecule has 0 N–H and O–H groups in total. The van der Waals surface area contributed by atoms with E-state index in [2.05, 4.69) is 57.7 Å². The molecule has 0 saturated carbocycles. The van der Waals surface area contributed by atoms with E-state index in [-0.39, 0.29) is 0 Å². The Morgan fingerprint density at radius 1 is 1.05 bits per heavy atom. The van der Waals surface area contributed by atoms with Crippen LogP contribution in [0.4, 0.5) is 0 Å². The molecule has 100 valence electrons. The maximum absolute atomic E-state index is 4.64. The SMILES string of the molecule is Cc1nc2ccnc3n2c1Sc1cc2ccccc2cc1-3. The first kappa shape index (κ1) is 11.3. The van der Waals surface area contributed by atoms with Gasteiger partial charge in [-0.15, -0.1) is 0 Å². The van der Waals surface area contributed by atoms with Gasteiger partial charge in [0.15, 0.2) is 0 Å². The largest absolute Gasteiger partial charge is 0.270 e. The topological polar surface area (TPSA) is 30.2 Å². The average molecular weight is 289 g/mol. The fraction of sp³-hybridized carbons (Fsp3) is 0.0588. The molecule has 3 heterocycles. The van der Waals surface area contributed by atoms with Crippen LogP contribution in [0.2, 0.25) is 0 Å². The second kappa shape index (κ2) is 3.86. The number of fused-ring (bicyclic) bond motifs is 3. The van der Waals surface area contributed by atoms with Gasteiger partial charge in [0, 0.05) is 16.7 Å². The molecule has 2 aromatic heterocycles. The average Bonchev–Trinajstić information content (AvgIpc) is 2.83. The standard InChI is InChI=1S/C17H11N3S/c1-10-17-20-15(19-10)6-7-18-16(20)13-8-11-4-2-3-5-12(11)9-14(13)21-17/h2-9H,1H3. The Bertz CT molecular complexity index is 1030. The molecule has 1 aliphatic heterocycles. The van der Waals surface area contributed by atoms with Crippen LogP contribution in [-0.4, -0.2) is 14.4 Å². The molecule has 0 spiro atoms. The van der Waals surface area contributed by atoms with Gasteiger partial charge in [0.1, 0.15) is 16.5 Å². The number of nitrogens with zero attached hydrogens (tertiary/aromatic N) is 3. The molecule has 4 heteroatoms. The van der Waals surface area contributed by atoms with Gasteiger partial charge in [-0.25, -0.2) is 9.97 Å². The van der Waals surface area contributed by atoms with Crippen LogP contribution in [0, 0.1) is 6.92 Å². The molecule has 1 aliphatic rings. The van der Waals surface area contributed by atoms with E-state index >= 15 is 0 Å². The second-order valence-electron chi connectivity index (χ2n) is 5.26. The van der Waals surface area contributed by atoms with Crippen LogP contribution in [-0.2, 0) is 0 Å². The van der Waals surface area contributed by atoms with Crippen LogP contribution < -0.4 is 0 Å². The molecule has 4 aromatic rings. The van der Waals surface area contributed by atoms with Crippen LogP contribution in [0.25, 0.3) is 27.8 Å². The molecular formula is C17H11N3S. The Morgan fingerprint density at radius 3 is 2.71 bits per heavy atom. The molecule has 5 rings (SSSR count). The zero-order valence-electron chi connectivity index (χ0n) is 11.4. The highest BCUT2D eigenvalue weighted by Gasteiger charge is 2.23. The number of hydrogen-bond acceptors (Lipinski definition) is 3. The normalized spacial score (nSPS) is 12.8. The zero-order chi connectivity index (χ0) is 14.0. The van der Waals surface area contributed by atoms with Gasteiger partial charge in [-0.05, 0) is 35.9 Å². The molecule has 0 amide bonds. The highest BCUT2D eigenvalue weighted by molar-refractivity contribution is 7.99. The van der Waals surface area contributed by atoms with Gasteiger partial charge in [0.2, 0.25) is 0 Å². The third-order valence-electron chi connectivity index (χ3n) is 3.95. The summed E-state index contributed by atoms with van der Waals surface area (Å²) in [7, 11) is 0. The van der Waals surface area contributed by atoms with E-state index in [0.717, 1.165) is 17.2 Å². The van der Waals surface area contributed by atoms with Crippen LogP contribution in [0.5, 0.6) is 0 Å². The monoisotopic (exact) mass is 289 g/mol. The third-order valence-corrected chi connectivity index (χ3v) is 5.18. The van der Waals surface area contributed by atoms with Crippen LogP contribution in [0.3, 0.4) is 0 Å². The highest BCUT2D eigenvalue weighted by atomic mass is 32.2. The van der Waals surface area contributed by atoms with E-state index in [1.165, 1.54) is 26.3 Å². The van der Waals surface area contributed by atoms with Gasteiger partial charge >= 0.3 is 0 Å². The van der Waals surface area contributed by atoms with Crippen molar-refractivity contribution in [1.29, 1.82) is 0 Å². The van der Waals surface area contributed by atoms with Crippen LogP contribution in [0.1, 0.15) is 5.69 Å². The summed E-state index contributed by atoms with van der Waals surface area (Å²) in [6, 6.07) is 14.9. The fourth-order valence-corrected chi connectivity index (χ4v) is 4.10. The predicted octanol–water partition coefficient (Wildman–Crippen LogP) is 4.32. The van der Waals surface area contributed by atoms with E-state index < -0.39 is 0 Å². The molecule has 0 bridgehead atoms. The lowest BCUT2D eigenvalue weighted by molar-refractivity contribution is 0.970. The fourth-order valence-electron chi connectivity index (χ4n) is 2.98. The molecule has 0 saturated heterocycles. The summed E-state index contributed by atoms with van der Waals surface area (Å²) < 4.78 is 2.16. The Balaban J connectivity index is 1.95.